The number of nitrogens with zero attached hydrogens (tertiary/aromatic N) is 2. The van der Waals surface area contributed by atoms with Gasteiger partial charge in [0.2, 0.25) is 0 Å². The summed E-state index contributed by atoms with van der Waals surface area (Å²) >= 11 is 6.10. The second-order valence-corrected chi connectivity index (χ2v) is 4.69. The van der Waals surface area contributed by atoms with Crippen LogP contribution in [0.4, 0.5) is 0 Å². The molecule has 0 aromatic carbocycles. The average Bonchev–Trinajstić information content (AvgIpc) is 2.54. The fourth-order valence-electron chi connectivity index (χ4n) is 1.95. The number of aryl methyl sites for hydroxylation is 2. The lowest BCUT2D eigenvalue weighted by Crippen LogP contribution is -2.25. The number of alkyl halides is 1. The predicted octanol–water partition coefficient (Wildman–Crippen LogP) is 3.32. The van der Waals surface area contributed by atoms with Crippen molar-refractivity contribution >= 4 is 11.6 Å². The number of hydrogen-bond acceptors (Lipinski definition) is 1. The largest absolute Gasteiger partial charge is 0.272 e. The number of halogens is 1. The Morgan fingerprint density at radius 3 is 2.33 bits per heavy atom. The zero-order chi connectivity index (χ0) is 11.5. The van der Waals surface area contributed by atoms with Crippen molar-refractivity contribution in [3.05, 3.63) is 17.5 Å². The summed E-state index contributed by atoms with van der Waals surface area (Å²) in [6.07, 6.45) is 3.27. The van der Waals surface area contributed by atoms with E-state index in [0.29, 0.717) is 0 Å². The quantitative estimate of drug-likeness (QED) is 0.707. The summed E-state index contributed by atoms with van der Waals surface area (Å²) in [7, 11) is 2.01. The monoisotopic (exact) mass is 228 g/mol. The first-order chi connectivity index (χ1) is 7.06. The Morgan fingerprint density at radius 2 is 2.00 bits per heavy atom. The molecule has 1 aromatic rings. The van der Waals surface area contributed by atoms with E-state index in [4.69, 9.17) is 11.6 Å². The average molecular weight is 229 g/mol. The van der Waals surface area contributed by atoms with E-state index < -0.39 is 0 Å². The molecule has 2 nitrogen and oxygen atoms in total. The van der Waals surface area contributed by atoms with E-state index in [2.05, 4.69) is 25.0 Å². The van der Waals surface area contributed by atoms with E-state index in [1.54, 1.807) is 0 Å². The molecule has 0 saturated heterocycles. The van der Waals surface area contributed by atoms with Crippen LogP contribution < -0.4 is 0 Å². The van der Waals surface area contributed by atoms with Crippen LogP contribution in [0.5, 0.6) is 0 Å². The lowest BCUT2D eigenvalue weighted by molar-refractivity contribution is 0.294. The van der Waals surface area contributed by atoms with Crippen LogP contribution in [-0.2, 0) is 13.5 Å². The fraction of sp³-hybridized carbons (Fsp3) is 0.750. The van der Waals surface area contributed by atoms with E-state index in [0.717, 1.165) is 30.8 Å². The molecule has 0 bridgehead atoms. The van der Waals surface area contributed by atoms with Crippen molar-refractivity contribution in [1.29, 1.82) is 0 Å². The van der Waals surface area contributed by atoms with Gasteiger partial charge in [0.15, 0.2) is 0 Å². The van der Waals surface area contributed by atoms with Gasteiger partial charge in [-0.25, -0.2) is 0 Å². The van der Waals surface area contributed by atoms with Crippen LogP contribution in [-0.4, -0.2) is 15.7 Å². The molecule has 15 heavy (non-hydrogen) atoms. The van der Waals surface area contributed by atoms with Gasteiger partial charge in [0.1, 0.15) is 0 Å². The van der Waals surface area contributed by atoms with Crippen molar-refractivity contribution in [2.45, 2.75) is 40.0 Å². The highest BCUT2D eigenvalue weighted by Crippen LogP contribution is 2.32. The van der Waals surface area contributed by atoms with Crippen LogP contribution in [0.15, 0.2) is 6.07 Å². The maximum Gasteiger partial charge on any atom is 0.0596 e. The van der Waals surface area contributed by atoms with Gasteiger partial charge in [-0.2, -0.15) is 5.10 Å². The molecule has 1 rings (SSSR count). The highest BCUT2D eigenvalue weighted by molar-refractivity contribution is 6.18. The predicted molar refractivity (Wildman–Crippen MR) is 65.4 cm³/mol. The Balaban J connectivity index is 2.87. The van der Waals surface area contributed by atoms with Crippen LogP contribution in [0, 0.1) is 12.3 Å². The Labute approximate surface area is 97.6 Å². The van der Waals surface area contributed by atoms with Gasteiger partial charge in [-0.1, -0.05) is 13.8 Å². The lowest BCUT2D eigenvalue weighted by Gasteiger charge is -2.29. The highest BCUT2D eigenvalue weighted by atomic mass is 35.5. The molecule has 0 atom stereocenters. The molecular weight excluding hydrogens is 208 g/mol. The zero-order valence-electron chi connectivity index (χ0n) is 10.2. The summed E-state index contributed by atoms with van der Waals surface area (Å²) in [4.78, 5) is 0. The summed E-state index contributed by atoms with van der Waals surface area (Å²) in [6.45, 7) is 6.47. The molecular formula is C12H21ClN2. The lowest BCUT2D eigenvalue weighted by atomic mass is 9.80. The van der Waals surface area contributed by atoms with Crippen LogP contribution in [0.1, 0.15) is 38.1 Å². The number of rotatable bonds is 5. The molecule has 0 saturated carbocycles. The Morgan fingerprint density at radius 1 is 1.40 bits per heavy atom. The van der Waals surface area contributed by atoms with Crippen LogP contribution in [0.2, 0.25) is 0 Å². The maximum atomic E-state index is 6.10. The van der Waals surface area contributed by atoms with Crippen molar-refractivity contribution in [1.82, 2.24) is 9.78 Å². The third-order valence-corrected chi connectivity index (χ3v) is 4.01. The standard InChI is InChI=1S/C12H21ClN2/c1-5-12(6-2,9-13)8-11-7-10(3)14-15(11)4/h7H,5-6,8-9H2,1-4H3. The van der Waals surface area contributed by atoms with Gasteiger partial charge in [0.25, 0.3) is 0 Å². The van der Waals surface area contributed by atoms with Crippen LogP contribution in [0.3, 0.4) is 0 Å². The van der Waals surface area contributed by atoms with Crippen molar-refractivity contribution in [2.75, 3.05) is 5.88 Å². The summed E-state index contributed by atoms with van der Waals surface area (Å²) in [5.41, 5.74) is 2.61. The molecule has 0 fully saturated rings. The van der Waals surface area contributed by atoms with Crippen molar-refractivity contribution < 1.29 is 0 Å². The molecule has 3 heteroatoms. The molecule has 0 aliphatic rings. The number of hydrogen-bond donors (Lipinski definition) is 0. The minimum absolute atomic E-state index is 0.238. The first-order valence-corrected chi connectivity index (χ1v) is 6.16. The zero-order valence-corrected chi connectivity index (χ0v) is 10.9. The molecule has 0 aliphatic carbocycles. The van der Waals surface area contributed by atoms with Gasteiger partial charge < -0.3 is 0 Å². The van der Waals surface area contributed by atoms with E-state index in [1.165, 1.54) is 5.69 Å². The molecule has 1 heterocycles. The Bertz CT molecular complexity index is 305. The minimum atomic E-state index is 0.238. The molecule has 1 aromatic heterocycles. The SMILES string of the molecule is CCC(CC)(CCl)Cc1cc(C)nn1C. The molecule has 0 amide bonds. The van der Waals surface area contributed by atoms with Crippen LogP contribution >= 0.6 is 11.6 Å². The second-order valence-electron chi connectivity index (χ2n) is 4.42. The van der Waals surface area contributed by atoms with Gasteiger partial charge in [-0.3, -0.25) is 4.68 Å². The maximum absolute atomic E-state index is 6.10. The first kappa shape index (κ1) is 12.6. The number of aromatic nitrogens is 2. The van der Waals surface area contributed by atoms with Gasteiger partial charge in [-0.15, -0.1) is 11.6 Å². The van der Waals surface area contributed by atoms with Crippen LogP contribution in [0.25, 0.3) is 0 Å². The molecule has 0 spiro atoms. The third kappa shape index (κ3) is 2.75. The summed E-state index contributed by atoms with van der Waals surface area (Å²) in [5.74, 6) is 0.726. The molecule has 0 unspecified atom stereocenters. The topological polar surface area (TPSA) is 17.8 Å². The van der Waals surface area contributed by atoms with E-state index in [1.807, 2.05) is 18.7 Å². The normalized spacial score (nSPS) is 12.1. The van der Waals surface area contributed by atoms with Gasteiger partial charge in [-0.05, 0) is 37.7 Å². The molecule has 0 aliphatic heterocycles. The van der Waals surface area contributed by atoms with Gasteiger partial charge >= 0.3 is 0 Å². The smallest absolute Gasteiger partial charge is 0.0596 e. The Kier molecular flexibility index (Phi) is 4.21. The van der Waals surface area contributed by atoms with E-state index in [9.17, 15) is 0 Å². The third-order valence-electron chi connectivity index (χ3n) is 3.44. The molecule has 0 N–H and O–H groups in total. The Hall–Kier alpha value is -0.500. The van der Waals surface area contributed by atoms with Gasteiger partial charge in [0, 0.05) is 18.6 Å². The molecule has 86 valence electrons. The first-order valence-electron chi connectivity index (χ1n) is 5.62. The highest BCUT2D eigenvalue weighted by Gasteiger charge is 2.26. The summed E-state index contributed by atoms with van der Waals surface area (Å²) in [6, 6.07) is 2.16. The van der Waals surface area contributed by atoms with Crippen molar-refractivity contribution in [3.8, 4) is 0 Å². The van der Waals surface area contributed by atoms with E-state index >= 15 is 0 Å². The van der Waals surface area contributed by atoms with E-state index in [-0.39, 0.29) is 5.41 Å². The molecule has 0 radical (unpaired) electrons. The fourth-order valence-corrected chi connectivity index (χ4v) is 2.42. The van der Waals surface area contributed by atoms with Crippen molar-refractivity contribution in [3.63, 3.8) is 0 Å². The summed E-state index contributed by atoms with van der Waals surface area (Å²) in [5, 5.41) is 4.37. The van der Waals surface area contributed by atoms with Gasteiger partial charge in [0.05, 0.1) is 5.69 Å². The second kappa shape index (κ2) is 5.02. The minimum Gasteiger partial charge on any atom is -0.272 e. The summed E-state index contributed by atoms with van der Waals surface area (Å²) < 4.78 is 1.97. The van der Waals surface area contributed by atoms with Crippen molar-refractivity contribution in [2.24, 2.45) is 12.5 Å².